The molecular formula is C17H14O5. The van der Waals surface area contributed by atoms with Crippen molar-refractivity contribution < 1.29 is 24.2 Å². The van der Waals surface area contributed by atoms with Gasteiger partial charge in [0.1, 0.15) is 5.41 Å². The first kappa shape index (κ1) is 14.1. The van der Waals surface area contributed by atoms with E-state index in [-0.39, 0.29) is 17.3 Å². The number of allylic oxidation sites excluding steroid dienone is 4. The topological polar surface area (TPSA) is 72.8 Å². The van der Waals surface area contributed by atoms with E-state index in [9.17, 15) is 14.7 Å². The summed E-state index contributed by atoms with van der Waals surface area (Å²) in [4.78, 5) is 24.9. The quantitative estimate of drug-likeness (QED) is 0.844. The van der Waals surface area contributed by atoms with Gasteiger partial charge in [-0.25, -0.2) is 0 Å². The maximum absolute atomic E-state index is 12.7. The van der Waals surface area contributed by atoms with Crippen molar-refractivity contribution >= 4 is 17.6 Å². The number of hydrogen-bond donors (Lipinski definition) is 1. The van der Waals surface area contributed by atoms with Crippen LogP contribution in [0.3, 0.4) is 0 Å². The lowest BCUT2D eigenvalue weighted by Gasteiger charge is -2.31. The molecule has 0 saturated carbocycles. The standard InChI is InChI=1S/C17H14O5/c1-9-6-14(22-3)15(19)16(20)17(9)5-4-10-7-12(18)13(21-2)8-11(10)17/h4-8,18H,1H2,2-3H3. The Morgan fingerprint density at radius 1 is 1.18 bits per heavy atom. The summed E-state index contributed by atoms with van der Waals surface area (Å²) in [6.07, 6.45) is 4.79. The van der Waals surface area contributed by atoms with Gasteiger partial charge < -0.3 is 14.6 Å². The molecule has 1 unspecified atom stereocenters. The zero-order chi connectivity index (χ0) is 16.1. The summed E-state index contributed by atoms with van der Waals surface area (Å²) in [7, 11) is 2.75. The molecule has 0 amide bonds. The third-order valence-electron chi connectivity index (χ3n) is 4.11. The number of carbonyl (C=O) groups is 2. The van der Waals surface area contributed by atoms with Crippen molar-refractivity contribution in [1.29, 1.82) is 0 Å². The fourth-order valence-electron chi connectivity index (χ4n) is 2.94. The van der Waals surface area contributed by atoms with Crippen molar-refractivity contribution in [2.75, 3.05) is 14.2 Å². The van der Waals surface area contributed by atoms with Crippen molar-refractivity contribution in [3.05, 3.63) is 53.3 Å². The molecule has 0 aliphatic heterocycles. The molecule has 3 rings (SSSR count). The van der Waals surface area contributed by atoms with Gasteiger partial charge in [0, 0.05) is 0 Å². The number of phenolic OH excluding ortho intramolecular Hbond substituents is 1. The number of benzene rings is 1. The summed E-state index contributed by atoms with van der Waals surface area (Å²) >= 11 is 0. The van der Waals surface area contributed by atoms with Gasteiger partial charge in [0.15, 0.2) is 17.3 Å². The van der Waals surface area contributed by atoms with Crippen LogP contribution in [0.5, 0.6) is 11.5 Å². The molecule has 5 heteroatoms. The van der Waals surface area contributed by atoms with Crippen LogP contribution in [0.25, 0.3) is 6.08 Å². The highest BCUT2D eigenvalue weighted by Crippen LogP contribution is 2.48. The number of carbonyl (C=O) groups excluding carboxylic acids is 2. The van der Waals surface area contributed by atoms with E-state index in [1.165, 1.54) is 26.4 Å². The monoisotopic (exact) mass is 298 g/mol. The van der Waals surface area contributed by atoms with E-state index in [4.69, 9.17) is 9.47 Å². The molecule has 0 aromatic heterocycles. The van der Waals surface area contributed by atoms with Gasteiger partial charge in [-0.15, -0.1) is 0 Å². The first-order valence-corrected chi connectivity index (χ1v) is 6.60. The highest BCUT2D eigenvalue weighted by molar-refractivity contribution is 6.48. The van der Waals surface area contributed by atoms with Crippen LogP contribution < -0.4 is 4.74 Å². The molecule has 22 heavy (non-hydrogen) atoms. The Bertz CT molecular complexity index is 784. The van der Waals surface area contributed by atoms with Gasteiger partial charge in [0.25, 0.3) is 5.78 Å². The molecule has 0 bridgehead atoms. The van der Waals surface area contributed by atoms with Gasteiger partial charge in [-0.3, -0.25) is 9.59 Å². The second-order valence-corrected chi connectivity index (χ2v) is 5.15. The molecule has 2 aliphatic rings. The van der Waals surface area contributed by atoms with E-state index >= 15 is 0 Å². The van der Waals surface area contributed by atoms with Crippen LogP contribution in [0.15, 0.2) is 42.2 Å². The van der Waals surface area contributed by atoms with Crippen molar-refractivity contribution in [3.8, 4) is 11.5 Å². The molecular weight excluding hydrogens is 284 g/mol. The first-order chi connectivity index (χ1) is 10.5. The molecule has 1 aromatic carbocycles. The van der Waals surface area contributed by atoms with Crippen LogP contribution in [0.1, 0.15) is 11.1 Å². The summed E-state index contributed by atoms with van der Waals surface area (Å²) in [5.41, 5.74) is 0.401. The fourth-order valence-corrected chi connectivity index (χ4v) is 2.94. The molecule has 0 heterocycles. The number of fused-ring (bicyclic) bond motifs is 2. The van der Waals surface area contributed by atoms with Crippen LogP contribution in [0.4, 0.5) is 0 Å². The Kier molecular flexibility index (Phi) is 2.95. The minimum absolute atomic E-state index is 0.0202. The minimum Gasteiger partial charge on any atom is -0.504 e. The normalized spacial score (nSPS) is 22.8. The van der Waals surface area contributed by atoms with E-state index in [2.05, 4.69) is 6.58 Å². The molecule has 112 valence electrons. The number of phenols is 1. The SMILES string of the molecule is C=C1C=C(OC)C(=O)C(=O)C12C=Cc1cc(O)c(OC)cc12. The van der Waals surface area contributed by atoms with E-state index in [1.807, 2.05) is 0 Å². The lowest BCUT2D eigenvalue weighted by molar-refractivity contribution is -0.138. The minimum atomic E-state index is -1.25. The van der Waals surface area contributed by atoms with E-state index in [0.29, 0.717) is 16.7 Å². The lowest BCUT2D eigenvalue weighted by Crippen LogP contribution is -2.43. The first-order valence-electron chi connectivity index (χ1n) is 6.60. The molecule has 1 N–H and O–H groups in total. The van der Waals surface area contributed by atoms with Crippen LogP contribution in [-0.4, -0.2) is 30.9 Å². The predicted octanol–water partition coefficient (Wildman–Crippen LogP) is 1.90. The number of aromatic hydroxyl groups is 1. The van der Waals surface area contributed by atoms with Gasteiger partial charge >= 0.3 is 0 Å². The molecule has 2 aliphatic carbocycles. The zero-order valence-corrected chi connectivity index (χ0v) is 12.2. The van der Waals surface area contributed by atoms with Gasteiger partial charge in [0.05, 0.1) is 14.2 Å². The molecule has 1 atom stereocenters. The molecule has 0 radical (unpaired) electrons. The van der Waals surface area contributed by atoms with Crippen LogP contribution in [0, 0.1) is 0 Å². The Morgan fingerprint density at radius 3 is 2.55 bits per heavy atom. The van der Waals surface area contributed by atoms with Gasteiger partial charge in [-0.1, -0.05) is 18.7 Å². The largest absolute Gasteiger partial charge is 0.504 e. The van der Waals surface area contributed by atoms with E-state index in [0.717, 1.165) is 0 Å². The maximum atomic E-state index is 12.7. The molecule has 1 aromatic rings. The summed E-state index contributed by atoms with van der Waals surface area (Å²) in [5, 5.41) is 9.86. The Hall–Kier alpha value is -2.82. The summed E-state index contributed by atoms with van der Waals surface area (Å²) in [6, 6.07) is 3.06. The third-order valence-corrected chi connectivity index (χ3v) is 4.11. The Labute approximate surface area is 127 Å². The number of methoxy groups -OCH3 is 2. The van der Waals surface area contributed by atoms with Crippen molar-refractivity contribution in [3.63, 3.8) is 0 Å². The van der Waals surface area contributed by atoms with Gasteiger partial charge in [-0.05, 0) is 34.9 Å². The second-order valence-electron chi connectivity index (χ2n) is 5.15. The zero-order valence-electron chi connectivity index (χ0n) is 12.2. The van der Waals surface area contributed by atoms with Gasteiger partial charge in [0.2, 0.25) is 5.78 Å². The number of ketones is 2. The van der Waals surface area contributed by atoms with Crippen molar-refractivity contribution in [2.24, 2.45) is 0 Å². The maximum Gasteiger partial charge on any atom is 0.264 e. The molecule has 0 saturated heterocycles. The summed E-state index contributed by atoms with van der Waals surface area (Å²) in [6.45, 7) is 3.93. The number of rotatable bonds is 2. The molecule has 5 nitrogen and oxygen atoms in total. The smallest absolute Gasteiger partial charge is 0.264 e. The summed E-state index contributed by atoms with van der Waals surface area (Å²) in [5.74, 6) is -1.14. The number of ether oxygens (including phenoxy) is 2. The van der Waals surface area contributed by atoms with Crippen molar-refractivity contribution in [1.82, 2.24) is 0 Å². The average Bonchev–Trinajstić information content (AvgIpc) is 2.87. The summed E-state index contributed by atoms with van der Waals surface area (Å²) < 4.78 is 10.0. The van der Waals surface area contributed by atoms with E-state index in [1.54, 1.807) is 18.2 Å². The molecule has 1 spiro atoms. The van der Waals surface area contributed by atoms with Crippen LogP contribution in [-0.2, 0) is 19.7 Å². The predicted molar refractivity (Wildman–Crippen MR) is 79.6 cm³/mol. The van der Waals surface area contributed by atoms with Crippen LogP contribution in [0.2, 0.25) is 0 Å². The highest BCUT2D eigenvalue weighted by atomic mass is 16.5. The average molecular weight is 298 g/mol. The second kappa shape index (κ2) is 4.59. The van der Waals surface area contributed by atoms with Gasteiger partial charge in [-0.2, -0.15) is 0 Å². The molecule has 0 fully saturated rings. The third kappa shape index (κ3) is 1.59. The Balaban J connectivity index is 2.25. The fraction of sp³-hybridized carbons (Fsp3) is 0.176. The van der Waals surface area contributed by atoms with Crippen molar-refractivity contribution in [2.45, 2.75) is 5.41 Å². The van der Waals surface area contributed by atoms with E-state index < -0.39 is 17.0 Å². The highest BCUT2D eigenvalue weighted by Gasteiger charge is 2.50. The van der Waals surface area contributed by atoms with Crippen LogP contribution >= 0.6 is 0 Å². The Morgan fingerprint density at radius 2 is 1.91 bits per heavy atom. The number of Topliss-reactive ketones (excluding diaryl/α,β-unsaturated/α-hetero) is 2. The lowest BCUT2D eigenvalue weighted by atomic mass is 9.68. The number of hydrogen-bond acceptors (Lipinski definition) is 5.